The molecule has 0 aliphatic heterocycles. The fourth-order valence-electron chi connectivity index (χ4n) is 2.67. The van der Waals surface area contributed by atoms with Gasteiger partial charge in [0.15, 0.2) is 0 Å². The maximum Gasteiger partial charge on any atom is 0.261 e. The summed E-state index contributed by atoms with van der Waals surface area (Å²) in [5, 5.41) is 1.76. The van der Waals surface area contributed by atoms with Gasteiger partial charge in [0.25, 0.3) is 11.3 Å². The maximum absolute atomic E-state index is 11.5. The summed E-state index contributed by atoms with van der Waals surface area (Å²) < 4.78 is 22.5. The number of nitrogens with zero attached hydrogens (tertiary/aromatic N) is 1. The number of benzene rings is 1. The molecule has 0 fully saturated rings. The van der Waals surface area contributed by atoms with Crippen molar-refractivity contribution in [2.24, 2.45) is 0 Å². The van der Waals surface area contributed by atoms with E-state index in [2.05, 4.69) is 15.9 Å². The van der Waals surface area contributed by atoms with E-state index in [1.54, 1.807) is 24.3 Å². The molecule has 0 aliphatic rings. The van der Waals surface area contributed by atoms with Crippen LogP contribution in [-0.2, 0) is 11.3 Å². The SMILES string of the molecule is O=S(O)N(CCCCCCCCCCCCBr)c1ccc(Cl)cc1. The molecule has 1 aromatic carbocycles. The third-order valence-electron chi connectivity index (χ3n) is 4.05. The zero-order valence-electron chi connectivity index (χ0n) is 14.3. The van der Waals surface area contributed by atoms with Gasteiger partial charge in [-0.05, 0) is 37.1 Å². The Morgan fingerprint density at radius 1 is 0.875 bits per heavy atom. The first kappa shape index (κ1) is 21.9. The third kappa shape index (κ3) is 10.0. The number of unbranched alkanes of at least 4 members (excludes halogenated alkanes) is 9. The molecule has 1 atom stereocenters. The predicted molar refractivity (Wildman–Crippen MR) is 110 cm³/mol. The molecule has 138 valence electrons. The summed E-state index contributed by atoms with van der Waals surface area (Å²) in [7, 11) is 0. The summed E-state index contributed by atoms with van der Waals surface area (Å²) in [6, 6.07) is 7.06. The third-order valence-corrected chi connectivity index (χ3v) is 5.63. The average Bonchev–Trinajstić information content (AvgIpc) is 2.57. The van der Waals surface area contributed by atoms with E-state index in [1.165, 1.54) is 55.7 Å². The van der Waals surface area contributed by atoms with Gasteiger partial charge in [-0.2, -0.15) is 0 Å². The molecular weight excluding hydrogens is 410 g/mol. The van der Waals surface area contributed by atoms with Crippen LogP contribution in [0.1, 0.15) is 64.2 Å². The quantitative estimate of drug-likeness (QED) is 0.202. The lowest BCUT2D eigenvalue weighted by molar-refractivity contribution is 0.546. The molecule has 1 aromatic rings. The summed E-state index contributed by atoms with van der Waals surface area (Å²) in [5.74, 6) is 0. The van der Waals surface area contributed by atoms with E-state index in [9.17, 15) is 8.76 Å². The van der Waals surface area contributed by atoms with E-state index in [0.717, 1.165) is 23.9 Å². The first-order valence-corrected chi connectivity index (χ1v) is 11.4. The zero-order valence-corrected chi connectivity index (χ0v) is 17.4. The van der Waals surface area contributed by atoms with Gasteiger partial charge >= 0.3 is 0 Å². The summed E-state index contributed by atoms with van der Waals surface area (Å²) in [5.41, 5.74) is 0.740. The van der Waals surface area contributed by atoms with Crippen molar-refractivity contribution in [1.29, 1.82) is 0 Å². The topological polar surface area (TPSA) is 40.5 Å². The molecule has 0 heterocycles. The number of rotatable bonds is 14. The second-order valence-corrected chi connectivity index (χ2v) is 8.17. The molecule has 0 bridgehead atoms. The van der Waals surface area contributed by atoms with Crippen LogP contribution in [0.25, 0.3) is 0 Å². The van der Waals surface area contributed by atoms with Crippen LogP contribution in [0.2, 0.25) is 5.02 Å². The van der Waals surface area contributed by atoms with E-state index in [0.29, 0.717) is 11.6 Å². The maximum atomic E-state index is 11.5. The minimum Gasteiger partial charge on any atom is -0.289 e. The second-order valence-electron chi connectivity index (χ2n) is 6.03. The standard InChI is InChI=1S/C18H29BrClNO2S/c19-15-9-7-5-3-1-2-4-6-8-10-16-21(24(22)23)18-13-11-17(20)12-14-18/h11-14H,1-10,15-16H2,(H,22,23). The highest BCUT2D eigenvalue weighted by Crippen LogP contribution is 2.20. The lowest BCUT2D eigenvalue weighted by Crippen LogP contribution is -2.26. The van der Waals surface area contributed by atoms with Crippen LogP contribution in [0.5, 0.6) is 0 Å². The molecular formula is C18H29BrClNO2S. The molecule has 1 unspecified atom stereocenters. The van der Waals surface area contributed by atoms with E-state index >= 15 is 0 Å². The molecule has 3 nitrogen and oxygen atoms in total. The van der Waals surface area contributed by atoms with Gasteiger partial charge in [-0.15, -0.1) is 0 Å². The van der Waals surface area contributed by atoms with Gasteiger partial charge < -0.3 is 0 Å². The summed E-state index contributed by atoms with van der Waals surface area (Å²) in [6.45, 7) is 0.595. The molecule has 0 saturated heterocycles. The highest BCUT2D eigenvalue weighted by atomic mass is 79.9. The number of alkyl halides is 1. The van der Waals surface area contributed by atoms with Gasteiger partial charge in [0, 0.05) is 16.9 Å². The first-order valence-electron chi connectivity index (χ1n) is 8.85. The van der Waals surface area contributed by atoms with E-state index in [-0.39, 0.29) is 0 Å². The molecule has 0 aromatic heterocycles. The van der Waals surface area contributed by atoms with Crippen LogP contribution in [0.3, 0.4) is 0 Å². The normalized spacial score (nSPS) is 12.3. The Hall–Kier alpha value is -0.100. The largest absolute Gasteiger partial charge is 0.289 e. The van der Waals surface area contributed by atoms with Crippen LogP contribution >= 0.6 is 27.5 Å². The molecule has 0 aliphatic carbocycles. The van der Waals surface area contributed by atoms with E-state index in [1.807, 2.05) is 0 Å². The van der Waals surface area contributed by atoms with Gasteiger partial charge in [-0.1, -0.05) is 78.9 Å². The Kier molecular flexibility index (Phi) is 12.9. The first-order chi connectivity index (χ1) is 11.6. The Morgan fingerprint density at radius 3 is 1.79 bits per heavy atom. The summed E-state index contributed by atoms with van der Waals surface area (Å²) in [6.07, 6.45) is 12.5. The smallest absolute Gasteiger partial charge is 0.261 e. The lowest BCUT2D eigenvalue weighted by Gasteiger charge is -2.19. The number of hydrogen-bond acceptors (Lipinski definition) is 1. The zero-order chi connectivity index (χ0) is 17.6. The highest BCUT2D eigenvalue weighted by molar-refractivity contribution is 9.09. The number of halogens is 2. The van der Waals surface area contributed by atoms with Crippen LogP contribution in [0, 0.1) is 0 Å². The van der Waals surface area contributed by atoms with Gasteiger partial charge in [-0.3, -0.25) is 8.86 Å². The summed E-state index contributed by atoms with van der Waals surface area (Å²) >= 11 is 7.33. The number of anilines is 1. The van der Waals surface area contributed by atoms with Crippen molar-refractivity contribution in [3.05, 3.63) is 29.3 Å². The lowest BCUT2D eigenvalue weighted by atomic mass is 10.1. The fraction of sp³-hybridized carbons (Fsp3) is 0.667. The molecule has 0 spiro atoms. The molecule has 1 N–H and O–H groups in total. The number of hydrogen-bond donors (Lipinski definition) is 1. The summed E-state index contributed by atoms with van der Waals surface area (Å²) in [4.78, 5) is 0. The van der Waals surface area contributed by atoms with Crippen molar-refractivity contribution in [2.75, 3.05) is 16.2 Å². The van der Waals surface area contributed by atoms with Crippen molar-refractivity contribution in [1.82, 2.24) is 0 Å². The Labute approximate surface area is 162 Å². The van der Waals surface area contributed by atoms with Crippen LogP contribution < -0.4 is 4.31 Å². The van der Waals surface area contributed by atoms with E-state index in [4.69, 9.17) is 11.6 Å². The minimum atomic E-state index is -1.99. The fourth-order valence-corrected chi connectivity index (χ4v) is 3.78. The predicted octanol–water partition coefficient (Wildman–Crippen LogP) is 6.58. The Morgan fingerprint density at radius 2 is 1.33 bits per heavy atom. The highest BCUT2D eigenvalue weighted by Gasteiger charge is 2.11. The monoisotopic (exact) mass is 437 g/mol. The average molecular weight is 439 g/mol. The molecule has 0 saturated carbocycles. The molecule has 1 rings (SSSR count). The van der Waals surface area contributed by atoms with Gasteiger partial charge in [0.1, 0.15) is 0 Å². The minimum absolute atomic E-state index is 0.595. The van der Waals surface area contributed by atoms with Crippen molar-refractivity contribution >= 4 is 44.5 Å². The van der Waals surface area contributed by atoms with Crippen molar-refractivity contribution < 1.29 is 8.76 Å². The van der Waals surface area contributed by atoms with Crippen molar-refractivity contribution in [3.63, 3.8) is 0 Å². The molecule has 0 amide bonds. The Balaban J connectivity index is 2.10. The van der Waals surface area contributed by atoms with Crippen molar-refractivity contribution in [2.45, 2.75) is 64.2 Å². The van der Waals surface area contributed by atoms with Gasteiger partial charge in [0.05, 0.1) is 5.69 Å². The molecule has 0 radical (unpaired) electrons. The Bertz CT molecular complexity index is 459. The van der Waals surface area contributed by atoms with Crippen LogP contribution in [0.4, 0.5) is 5.69 Å². The van der Waals surface area contributed by atoms with Crippen molar-refractivity contribution in [3.8, 4) is 0 Å². The van der Waals surface area contributed by atoms with E-state index < -0.39 is 11.3 Å². The second kappa shape index (κ2) is 14.1. The van der Waals surface area contributed by atoms with Gasteiger partial charge in [0.2, 0.25) is 0 Å². The van der Waals surface area contributed by atoms with Gasteiger partial charge in [-0.25, -0.2) is 4.21 Å². The van der Waals surface area contributed by atoms with Crippen LogP contribution in [0.15, 0.2) is 24.3 Å². The molecule has 24 heavy (non-hydrogen) atoms. The molecule has 6 heteroatoms. The van der Waals surface area contributed by atoms with Crippen LogP contribution in [-0.4, -0.2) is 20.6 Å².